The second-order valence-corrected chi connectivity index (χ2v) is 12.5. The van der Waals surface area contributed by atoms with Gasteiger partial charge in [0.05, 0.1) is 10.4 Å². The first-order valence-corrected chi connectivity index (χ1v) is 15.9. The molecule has 4 aromatic rings. The number of benzene rings is 3. The molecule has 0 aliphatic carbocycles. The van der Waals surface area contributed by atoms with Gasteiger partial charge in [-0.1, -0.05) is 65.7 Å². The van der Waals surface area contributed by atoms with Crippen molar-refractivity contribution in [3.63, 3.8) is 0 Å². The lowest BCUT2D eigenvalue weighted by molar-refractivity contribution is -0.134. The van der Waals surface area contributed by atoms with Gasteiger partial charge < -0.3 is 19.5 Å². The summed E-state index contributed by atoms with van der Waals surface area (Å²) >= 11 is 12.3. The Morgan fingerprint density at radius 1 is 0.933 bits per heavy atom. The van der Waals surface area contributed by atoms with E-state index in [-0.39, 0.29) is 45.9 Å². The first-order valence-electron chi connectivity index (χ1n) is 15.2. The molecule has 8 nitrogen and oxygen atoms in total. The zero-order valence-electron chi connectivity index (χ0n) is 24.6. The maximum Gasteiger partial charge on any atom is 0.287 e. The average Bonchev–Trinajstić information content (AvgIpc) is 3.46. The van der Waals surface area contributed by atoms with Crippen molar-refractivity contribution in [1.29, 1.82) is 0 Å². The van der Waals surface area contributed by atoms with E-state index in [1.54, 1.807) is 35.2 Å². The third kappa shape index (κ3) is 6.92. The Balaban J connectivity index is 1.19. The highest BCUT2D eigenvalue weighted by Crippen LogP contribution is 2.32. The SMILES string of the molecule is O=C(N[C@H](Cc1ccc(Cl)cc1)C(=O)N1CCC(c2ccccc2CN2CCCC2=O)CC1)c1cc(=O)c2cccc(Cl)c2o1. The smallest absolute Gasteiger partial charge is 0.287 e. The number of piperidine rings is 1. The Bertz CT molecular complexity index is 1800. The van der Waals surface area contributed by atoms with Crippen LogP contribution >= 0.6 is 23.2 Å². The Morgan fingerprint density at radius 3 is 2.42 bits per heavy atom. The van der Waals surface area contributed by atoms with Crippen LogP contribution in [0, 0.1) is 0 Å². The predicted octanol–water partition coefficient (Wildman–Crippen LogP) is 5.97. The zero-order chi connectivity index (χ0) is 31.5. The van der Waals surface area contributed by atoms with Gasteiger partial charge in [0.1, 0.15) is 6.04 Å². The Labute approximate surface area is 270 Å². The van der Waals surface area contributed by atoms with E-state index in [1.807, 2.05) is 29.2 Å². The van der Waals surface area contributed by atoms with Crippen LogP contribution in [-0.2, 0) is 22.6 Å². The van der Waals surface area contributed by atoms with E-state index in [4.69, 9.17) is 27.6 Å². The van der Waals surface area contributed by atoms with Crippen molar-refractivity contribution in [1.82, 2.24) is 15.1 Å². The fraction of sp³-hybridized carbons (Fsp3) is 0.314. The molecule has 45 heavy (non-hydrogen) atoms. The molecule has 3 heterocycles. The maximum absolute atomic E-state index is 14.0. The van der Waals surface area contributed by atoms with Crippen molar-refractivity contribution in [3.8, 4) is 0 Å². The molecule has 1 atom stereocenters. The fourth-order valence-corrected chi connectivity index (χ4v) is 6.66. The molecule has 2 saturated heterocycles. The summed E-state index contributed by atoms with van der Waals surface area (Å²) in [5, 5.41) is 3.87. The number of carbonyl (C=O) groups excluding carboxylic acids is 3. The van der Waals surface area contributed by atoms with Crippen LogP contribution in [0.15, 0.2) is 82.0 Å². The summed E-state index contributed by atoms with van der Waals surface area (Å²) in [5.41, 5.74) is 2.92. The minimum Gasteiger partial charge on any atom is -0.449 e. The van der Waals surface area contributed by atoms with E-state index in [9.17, 15) is 19.2 Å². The zero-order valence-corrected chi connectivity index (χ0v) is 26.2. The first kappa shape index (κ1) is 30.9. The monoisotopic (exact) mass is 645 g/mol. The van der Waals surface area contributed by atoms with E-state index in [0.29, 0.717) is 31.1 Å². The molecule has 0 spiro atoms. The van der Waals surface area contributed by atoms with Crippen LogP contribution in [0.25, 0.3) is 11.0 Å². The fourth-order valence-electron chi connectivity index (χ4n) is 6.32. The lowest BCUT2D eigenvalue weighted by atomic mass is 9.86. The van der Waals surface area contributed by atoms with Crippen molar-refractivity contribution in [2.24, 2.45) is 0 Å². The standard InChI is InChI=1S/C35H33Cl2N3O5/c36-25-12-10-22(11-13-25)19-29(38-34(43)31-20-30(41)27-7-3-8-28(37)33(27)45-31)35(44)39-17-14-23(15-18-39)26-6-2-1-5-24(26)21-40-16-4-9-32(40)42/h1-3,5-8,10-13,20,23,29H,4,9,14-19,21H2,(H,38,43)/t29-/m1/s1. The van der Waals surface area contributed by atoms with Gasteiger partial charge in [-0.2, -0.15) is 0 Å². The van der Waals surface area contributed by atoms with Crippen LogP contribution in [-0.4, -0.2) is 53.2 Å². The summed E-state index contributed by atoms with van der Waals surface area (Å²) in [6, 6.07) is 20.4. The van der Waals surface area contributed by atoms with Crippen molar-refractivity contribution in [2.45, 2.75) is 50.6 Å². The highest BCUT2D eigenvalue weighted by molar-refractivity contribution is 6.34. The number of likely N-dealkylation sites (tertiary alicyclic amines) is 2. The number of amides is 3. The number of nitrogens with one attached hydrogen (secondary N) is 1. The molecule has 6 rings (SSSR count). The molecule has 0 saturated carbocycles. The number of hydrogen-bond acceptors (Lipinski definition) is 5. The largest absolute Gasteiger partial charge is 0.449 e. The number of rotatable bonds is 8. The molecule has 3 aromatic carbocycles. The third-order valence-corrected chi connectivity index (χ3v) is 9.27. The summed E-state index contributed by atoms with van der Waals surface area (Å²) in [4.78, 5) is 56.1. The molecule has 1 N–H and O–H groups in total. The number of halogens is 2. The molecule has 1 aromatic heterocycles. The van der Waals surface area contributed by atoms with Crippen LogP contribution in [0.2, 0.25) is 10.0 Å². The summed E-state index contributed by atoms with van der Waals surface area (Å²) in [5.74, 6) is -0.661. The van der Waals surface area contributed by atoms with Crippen LogP contribution in [0.4, 0.5) is 0 Å². The van der Waals surface area contributed by atoms with Crippen LogP contribution < -0.4 is 10.7 Å². The van der Waals surface area contributed by atoms with Crippen molar-refractivity contribution in [3.05, 3.63) is 116 Å². The Kier molecular flexibility index (Phi) is 9.24. The molecule has 3 amide bonds. The van der Waals surface area contributed by atoms with Gasteiger partial charge in [-0.3, -0.25) is 19.2 Å². The van der Waals surface area contributed by atoms with Gasteiger partial charge in [-0.05, 0) is 66.1 Å². The van der Waals surface area contributed by atoms with Gasteiger partial charge in [0.2, 0.25) is 11.8 Å². The van der Waals surface area contributed by atoms with Gasteiger partial charge in [-0.15, -0.1) is 0 Å². The van der Waals surface area contributed by atoms with E-state index in [0.717, 1.165) is 43.0 Å². The van der Waals surface area contributed by atoms with Crippen LogP contribution in [0.5, 0.6) is 0 Å². The molecule has 0 unspecified atom stereocenters. The van der Waals surface area contributed by atoms with E-state index >= 15 is 0 Å². The highest BCUT2D eigenvalue weighted by atomic mass is 35.5. The summed E-state index contributed by atoms with van der Waals surface area (Å²) < 4.78 is 5.74. The van der Waals surface area contributed by atoms with E-state index in [1.165, 1.54) is 5.56 Å². The minimum atomic E-state index is -0.907. The minimum absolute atomic E-state index is 0.119. The second kappa shape index (κ2) is 13.5. The van der Waals surface area contributed by atoms with Gasteiger partial charge in [0, 0.05) is 50.1 Å². The summed E-state index contributed by atoms with van der Waals surface area (Å²) in [6.07, 6.45) is 3.26. The molecular weight excluding hydrogens is 613 g/mol. The van der Waals surface area contributed by atoms with Gasteiger partial charge in [0.15, 0.2) is 16.8 Å². The van der Waals surface area contributed by atoms with Gasteiger partial charge in [-0.25, -0.2) is 0 Å². The topological polar surface area (TPSA) is 99.9 Å². The predicted molar refractivity (Wildman–Crippen MR) is 174 cm³/mol. The van der Waals surface area contributed by atoms with Crippen molar-refractivity contribution >= 4 is 51.9 Å². The van der Waals surface area contributed by atoms with Crippen molar-refractivity contribution < 1.29 is 18.8 Å². The molecule has 2 aliphatic heterocycles. The second-order valence-electron chi connectivity index (χ2n) is 11.7. The molecule has 0 radical (unpaired) electrons. The third-order valence-electron chi connectivity index (χ3n) is 8.72. The molecule has 0 bridgehead atoms. The van der Waals surface area contributed by atoms with E-state index in [2.05, 4.69) is 17.4 Å². The van der Waals surface area contributed by atoms with Gasteiger partial charge in [0.25, 0.3) is 5.91 Å². The number of carbonyl (C=O) groups is 3. The van der Waals surface area contributed by atoms with Gasteiger partial charge >= 0.3 is 0 Å². The normalized spacial score (nSPS) is 16.3. The number of para-hydroxylation sites is 1. The summed E-state index contributed by atoms with van der Waals surface area (Å²) in [7, 11) is 0. The molecular formula is C35H33Cl2N3O5. The van der Waals surface area contributed by atoms with Crippen LogP contribution in [0.1, 0.15) is 58.8 Å². The quantitative estimate of drug-likeness (QED) is 0.255. The number of nitrogens with zero attached hydrogens (tertiary/aromatic N) is 2. The number of fused-ring (bicyclic) bond motifs is 1. The lowest BCUT2D eigenvalue weighted by Gasteiger charge is -2.35. The Hall–Kier alpha value is -4.14. The lowest BCUT2D eigenvalue weighted by Crippen LogP contribution is -2.51. The maximum atomic E-state index is 14.0. The average molecular weight is 647 g/mol. The molecule has 2 fully saturated rings. The van der Waals surface area contributed by atoms with Crippen LogP contribution in [0.3, 0.4) is 0 Å². The molecule has 232 valence electrons. The molecule has 2 aliphatic rings. The first-order chi connectivity index (χ1) is 21.8. The Morgan fingerprint density at radius 2 is 1.69 bits per heavy atom. The highest BCUT2D eigenvalue weighted by Gasteiger charge is 2.32. The van der Waals surface area contributed by atoms with E-state index < -0.39 is 17.4 Å². The van der Waals surface area contributed by atoms with Crippen molar-refractivity contribution in [2.75, 3.05) is 19.6 Å². The molecule has 10 heteroatoms. The summed E-state index contributed by atoms with van der Waals surface area (Å²) in [6.45, 7) is 2.44. The number of hydrogen-bond donors (Lipinski definition) is 1.